The van der Waals surface area contributed by atoms with Gasteiger partial charge in [-0.05, 0) is 23.7 Å². The molecule has 0 unspecified atom stereocenters. The van der Waals surface area contributed by atoms with Gasteiger partial charge in [0, 0.05) is 10.8 Å². The molecule has 2 aromatic rings. The van der Waals surface area contributed by atoms with Crippen molar-refractivity contribution in [2.24, 2.45) is 0 Å². The van der Waals surface area contributed by atoms with Gasteiger partial charge in [-0.3, -0.25) is 4.79 Å². The van der Waals surface area contributed by atoms with Gasteiger partial charge >= 0.3 is 0 Å². The number of hydrogen-bond donors (Lipinski definition) is 0. The van der Waals surface area contributed by atoms with Crippen LogP contribution in [0, 0.1) is 0 Å². The Labute approximate surface area is 115 Å². The minimum atomic E-state index is -0.100. The molecular weight excluding hydrogens is 270 g/mol. The van der Waals surface area contributed by atoms with E-state index in [0.717, 1.165) is 10.7 Å². The Kier molecular flexibility index (Phi) is 3.59. The Morgan fingerprint density at radius 2 is 2.17 bits per heavy atom. The van der Waals surface area contributed by atoms with E-state index in [0.29, 0.717) is 0 Å². The number of aromatic nitrogens is 1. The predicted octanol–water partition coefficient (Wildman–Crippen LogP) is 4.11. The average Bonchev–Trinajstić information content (AvgIpc) is 2.85. The van der Waals surface area contributed by atoms with Crippen LogP contribution in [0.3, 0.4) is 0 Å². The van der Waals surface area contributed by atoms with Crippen molar-refractivity contribution >= 4 is 28.7 Å². The van der Waals surface area contributed by atoms with Crippen molar-refractivity contribution in [1.82, 2.24) is 4.98 Å². The highest BCUT2D eigenvalue weighted by Crippen LogP contribution is 2.25. The molecule has 0 saturated heterocycles. The summed E-state index contributed by atoms with van der Waals surface area (Å²) in [6.45, 7) is 6.29. The molecule has 0 aliphatic carbocycles. The number of rotatable bonds is 3. The van der Waals surface area contributed by atoms with Crippen molar-refractivity contribution in [3.8, 4) is 0 Å². The predicted molar refractivity (Wildman–Crippen MR) is 72.6 cm³/mol. The zero-order valence-corrected chi connectivity index (χ0v) is 12.1. The van der Waals surface area contributed by atoms with Crippen molar-refractivity contribution in [2.75, 3.05) is 0 Å². The summed E-state index contributed by atoms with van der Waals surface area (Å²) in [5, 5.41) is 3.03. The molecule has 0 aromatic carbocycles. The summed E-state index contributed by atoms with van der Waals surface area (Å²) in [5.74, 6) is 0.184. The van der Waals surface area contributed by atoms with Gasteiger partial charge in [0.25, 0.3) is 0 Å². The first-order valence-corrected chi connectivity index (χ1v) is 6.85. The molecule has 2 rings (SSSR count). The Hall–Kier alpha value is -1.13. The summed E-state index contributed by atoms with van der Waals surface area (Å²) in [6.07, 6.45) is 0.255. The van der Waals surface area contributed by atoms with Gasteiger partial charge in [0.2, 0.25) is 5.78 Å². The van der Waals surface area contributed by atoms with Crippen molar-refractivity contribution in [1.29, 1.82) is 0 Å². The fraction of sp³-hybridized carbons (Fsp3) is 0.385. The molecule has 0 atom stereocenters. The highest BCUT2D eigenvalue weighted by atomic mass is 35.5. The smallest absolute Gasteiger partial charge is 0.204 e. The third kappa shape index (κ3) is 3.00. The van der Waals surface area contributed by atoms with E-state index in [9.17, 15) is 4.79 Å². The topological polar surface area (TPSA) is 43.1 Å². The Morgan fingerprint density at radius 3 is 2.67 bits per heavy atom. The molecule has 0 spiro atoms. The monoisotopic (exact) mass is 283 g/mol. The van der Waals surface area contributed by atoms with Crippen LogP contribution in [0.4, 0.5) is 0 Å². The summed E-state index contributed by atoms with van der Waals surface area (Å²) < 4.78 is 5.08. The fourth-order valence-electron chi connectivity index (χ4n) is 1.43. The van der Waals surface area contributed by atoms with Crippen LogP contribution in [-0.2, 0) is 11.8 Å². The van der Waals surface area contributed by atoms with Gasteiger partial charge in [0.15, 0.2) is 11.0 Å². The molecule has 18 heavy (non-hydrogen) atoms. The largest absolute Gasteiger partial charge is 0.442 e. The minimum Gasteiger partial charge on any atom is -0.442 e. The number of nitrogens with zero attached hydrogens (tertiary/aromatic N) is 1. The van der Waals surface area contributed by atoms with E-state index in [1.165, 1.54) is 11.3 Å². The fourth-order valence-corrected chi connectivity index (χ4v) is 2.59. The number of ketones is 1. The first kappa shape index (κ1) is 13.3. The molecule has 2 heterocycles. The lowest BCUT2D eigenvalue weighted by molar-refractivity contribution is 0.0966. The summed E-state index contributed by atoms with van der Waals surface area (Å²) in [6, 6.07) is 3.15. The molecule has 2 aromatic heterocycles. The van der Waals surface area contributed by atoms with Crippen LogP contribution >= 0.6 is 22.9 Å². The first-order valence-electron chi connectivity index (χ1n) is 5.59. The molecule has 0 N–H and O–H groups in total. The van der Waals surface area contributed by atoms with Crippen molar-refractivity contribution in [2.45, 2.75) is 32.6 Å². The van der Waals surface area contributed by atoms with E-state index in [4.69, 9.17) is 16.0 Å². The second-order valence-electron chi connectivity index (χ2n) is 5.08. The quantitative estimate of drug-likeness (QED) is 0.796. The van der Waals surface area contributed by atoms with Crippen LogP contribution < -0.4 is 0 Å². The van der Waals surface area contributed by atoms with Gasteiger partial charge in [-0.1, -0.05) is 20.8 Å². The maximum atomic E-state index is 11.9. The van der Waals surface area contributed by atoms with Gasteiger partial charge in [0.05, 0.1) is 12.1 Å². The van der Waals surface area contributed by atoms with Crippen molar-refractivity contribution in [3.63, 3.8) is 0 Å². The number of Topliss-reactive ketones (excluding diaryl/α,β-unsaturated/α-hetero) is 1. The molecule has 0 fully saturated rings. The maximum Gasteiger partial charge on any atom is 0.204 e. The van der Waals surface area contributed by atoms with Crippen LogP contribution in [0.5, 0.6) is 0 Å². The van der Waals surface area contributed by atoms with Gasteiger partial charge in [-0.15, -0.1) is 11.3 Å². The number of carbonyl (C=O) groups is 1. The number of furan rings is 1. The zero-order valence-electron chi connectivity index (χ0n) is 10.5. The van der Waals surface area contributed by atoms with Crippen LogP contribution in [-0.4, -0.2) is 10.8 Å². The number of halogens is 1. The first-order chi connectivity index (χ1) is 8.36. The molecule has 0 radical (unpaired) electrons. The molecule has 3 nitrogen and oxygen atoms in total. The molecule has 0 amide bonds. The van der Waals surface area contributed by atoms with E-state index in [1.54, 1.807) is 12.1 Å². The highest BCUT2D eigenvalue weighted by Gasteiger charge is 2.19. The molecule has 96 valence electrons. The van der Waals surface area contributed by atoms with E-state index in [1.807, 2.05) is 5.38 Å². The van der Waals surface area contributed by atoms with E-state index in [2.05, 4.69) is 25.8 Å². The molecular formula is C13H14ClNO2S. The van der Waals surface area contributed by atoms with E-state index >= 15 is 0 Å². The van der Waals surface area contributed by atoms with Gasteiger partial charge in [-0.2, -0.15) is 0 Å². The normalized spacial score (nSPS) is 11.8. The van der Waals surface area contributed by atoms with Gasteiger partial charge in [0.1, 0.15) is 5.01 Å². The standard InChI is InChI=1S/C13H14ClNO2S/c1-13(2,3)10-7-18-12(15-10)6-8(16)9-4-5-11(14)17-9/h4-5,7H,6H2,1-3H3. The van der Waals surface area contributed by atoms with E-state index in [-0.39, 0.29) is 28.6 Å². The Morgan fingerprint density at radius 1 is 1.44 bits per heavy atom. The lowest BCUT2D eigenvalue weighted by Crippen LogP contribution is -2.12. The summed E-state index contributed by atoms with van der Waals surface area (Å²) in [7, 11) is 0. The Balaban J connectivity index is 2.10. The van der Waals surface area contributed by atoms with Crippen LogP contribution in [0.25, 0.3) is 0 Å². The van der Waals surface area contributed by atoms with Gasteiger partial charge in [-0.25, -0.2) is 4.98 Å². The number of hydrogen-bond acceptors (Lipinski definition) is 4. The third-order valence-corrected chi connectivity index (χ3v) is 3.53. The second kappa shape index (κ2) is 4.86. The molecule has 0 saturated carbocycles. The zero-order chi connectivity index (χ0) is 13.3. The molecule has 0 bridgehead atoms. The van der Waals surface area contributed by atoms with E-state index < -0.39 is 0 Å². The molecule has 5 heteroatoms. The minimum absolute atomic E-state index is 0.00574. The molecule has 0 aliphatic rings. The van der Waals surface area contributed by atoms with Crippen LogP contribution in [0.15, 0.2) is 21.9 Å². The maximum absolute atomic E-state index is 11.9. The Bertz CT molecular complexity index is 566. The second-order valence-corrected chi connectivity index (χ2v) is 6.40. The lowest BCUT2D eigenvalue weighted by atomic mass is 9.93. The number of thiazole rings is 1. The van der Waals surface area contributed by atoms with Gasteiger partial charge < -0.3 is 4.42 Å². The summed E-state index contributed by atoms with van der Waals surface area (Å²) in [5.41, 5.74) is 1.01. The summed E-state index contributed by atoms with van der Waals surface area (Å²) in [4.78, 5) is 16.4. The van der Waals surface area contributed by atoms with Crippen molar-refractivity contribution in [3.05, 3.63) is 39.2 Å². The summed E-state index contributed by atoms with van der Waals surface area (Å²) >= 11 is 7.14. The van der Waals surface area contributed by atoms with Crippen LogP contribution in [0.2, 0.25) is 5.22 Å². The third-order valence-electron chi connectivity index (χ3n) is 2.48. The lowest BCUT2D eigenvalue weighted by Gasteiger charge is -2.14. The number of carbonyl (C=O) groups excluding carboxylic acids is 1. The van der Waals surface area contributed by atoms with Crippen molar-refractivity contribution < 1.29 is 9.21 Å². The average molecular weight is 284 g/mol. The highest BCUT2D eigenvalue weighted by molar-refractivity contribution is 7.09. The van der Waals surface area contributed by atoms with Crippen LogP contribution in [0.1, 0.15) is 42.0 Å². The molecule has 0 aliphatic heterocycles. The SMILES string of the molecule is CC(C)(C)c1csc(CC(=O)c2ccc(Cl)o2)n1.